The van der Waals surface area contributed by atoms with Gasteiger partial charge >= 0.3 is 5.97 Å². The molecule has 9 heteroatoms. The number of nitrogens with zero attached hydrogens (tertiary/aromatic N) is 3. The van der Waals surface area contributed by atoms with E-state index < -0.39 is 11.0 Å². The maximum absolute atomic E-state index is 12.9. The van der Waals surface area contributed by atoms with Gasteiger partial charge in [0.25, 0.3) is 11.6 Å². The standard InChI is InChI=1S/C21H22ClN3O5/c1-14-17(4-3-5-18(14)25(28)29)20(26)24-12-10-23(11-13-24)19(21(27)30-2)15-6-8-16(22)9-7-15/h3-9,19H,10-13H2,1-2H3. The lowest BCUT2D eigenvalue weighted by molar-refractivity contribution is -0.385. The monoisotopic (exact) mass is 431 g/mol. The Morgan fingerprint density at radius 1 is 1.10 bits per heavy atom. The Morgan fingerprint density at radius 2 is 1.73 bits per heavy atom. The predicted octanol–water partition coefficient (Wildman–Crippen LogP) is 3.23. The Balaban J connectivity index is 1.75. The van der Waals surface area contributed by atoms with Crippen molar-refractivity contribution in [1.29, 1.82) is 0 Å². The predicted molar refractivity (Wildman–Crippen MR) is 112 cm³/mol. The Bertz CT molecular complexity index is 956. The second kappa shape index (κ2) is 9.23. The van der Waals surface area contributed by atoms with E-state index in [0.717, 1.165) is 5.56 Å². The lowest BCUT2D eigenvalue weighted by Crippen LogP contribution is -2.51. The molecular weight excluding hydrogens is 410 g/mol. The van der Waals surface area contributed by atoms with E-state index in [-0.39, 0.29) is 17.6 Å². The average molecular weight is 432 g/mol. The van der Waals surface area contributed by atoms with Gasteiger partial charge in [-0.05, 0) is 30.7 Å². The second-order valence-electron chi connectivity index (χ2n) is 7.01. The Hall–Kier alpha value is -2.97. The SMILES string of the molecule is COC(=O)C(c1ccc(Cl)cc1)N1CCN(C(=O)c2cccc([N+](=O)[O-])c2C)CC1. The lowest BCUT2D eigenvalue weighted by atomic mass is 10.0. The molecular formula is C21H22ClN3O5. The summed E-state index contributed by atoms with van der Waals surface area (Å²) >= 11 is 5.96. The second-order valence-corrected chi connectivity index (χ2v) is 7.45. The molecule has 1 amide bonds. The van der Waals surface area contributed by atoms with E-state index in [1.807, 2.05) is 4.90 Å². The molecule has 1 unspecified atom stereocenters. The van der Waals surface area contributed by atoms with Crippen LogP contribution in [-0.4, -0.2) is 59.9 Å². The zero-order valence-corrected chi connectivity index (χ0v) is 17.5. The van der Waals surface area contributed by atoms with E-state index in [4.69, 9.17) is 16.3 Å². The molecule has 1 fully saturated rings. The van der Waals surface area contributed by atoms with Crippen LogP contribution in [0.1, 0.15) is 27.5 Å². The molecule has 0 radical (unpaired) electrons. The number of carbonyl (C=O) groups is 2. The minimum atomic E-state index is -0.593. The van der Waals surface area contributed by atoms with Gasteiger partial charge in [-0.2, -0.15) is 0 Å². The van der Waals surface area contributed by atoms with Gasteiger partial charge in [0, 0.05) is 48.4 Å². The van der Waals surface area contributed by atoms with Crippen LogP contribution in [-0.2, 0) is 9.53 Å². The molecule has 1 saturated heterocycles. The number of benzene rings is 2. The van der Waals surface area contributed by atoms with Gasteiger partial charge in [-0.15, -0.1) is 0 Å². The van der Waals surface area contributed by atoms with Crippen molar-refractivity contribution in [3.63, 3.8) is 0 Å². The van der Waals surface area contributed by atoms with Gasteiger partial charge in [0.05, 0.1) is 12.0 Å². The van der Waals surface area contributed by atoms with E-state index >= 15 is 0 Å². The molecule has 1 atom stereocenters. The first kappa shape index (κ1) is 21.7. The largest absolute Gasteiger partial charge is 0.468 e. The van der Waals surface area contributed by atoms with Gasteiger partial charge in [0.15, 0.2) is 0 Å². The fourth-order valence-electron chi connectivity index (χ4n) is 3.66. The maximum atomic E-state index is 12.9. The van der Waals surface area contributed by atoms with Crippen molar-refractivity contribution in [3.05, 3.63) is 74.3 Å². The Morgan fingerprint density at radius 3 is 2.30 bits per heavy atom. The van der Waals surface area contributed by atoms with Crippen molar-refractivity contribution in [2.75, 3.05) is 33.3 Å². The molecule has 1 aliphatic rings. The number of hydrogen-bond acceptors (Lipinski definition) is 6. The highest BCUT2D eigenvalue weighted by Gasteiger charge is 2.33. The molecule has 0 spiro atoms. The lowest BCUT2D eigenvalue weighted by Gasteiger charge is -2.38. The summed E-state index contributed by atoms with van der Waals surface area (Å²) in [4.78, 5) is 39.7. The highest BCUT2D eigenvalue weighted by molar-refractivity contribution is 6.30. The molecule has 1 heterocycles. The van der Waals surface area contributed by atoms with Gasteiger partial charge in [0.1, 0.15) is 6.04 Å². The molecule has 2 aromatic rings. The minimum Gasteiger partial charge on any atom is -0.468 e. The summed E-state index contributed by atoms with van der Waals surface area (Å²) in [5, 5.41) is 11.7. The van der Waals surface area contributed by atoms with Gasteiger partial charge in [0.2, 0.25) is 0 Å². The number of rotatable bonds is 5. The van der Waals surface area contributed by atoms with Gasteiger partial charge in [-0.3, -0.25) is 19.8 Å². The number of carbonyl (C=O) groups excluding carboxylic acids is 2. The van der Waals surface area contributed by atoms with Gasteiger partial charge < -0.3 is 9.64 Å². The summed E-state index contributed by atoms with van der Waals surface area (Å²) in [6.07, 6.45) is 0. The average Bonchev–Trinajstić information content (AvgIpc) is 2.75. The van der Waals surface area contributed by atoms with Crippen LogP contribution >= 0.6 is 11.6 Å². The zero-order chi connectivity index (χ0) is 21.8. The van der Waals surface area contributed by atoms with Crippen molar-refractivity contribution in [1.82, 2.24) is 9.80 Å². The number of ether oxygens (including phenoxy) is 1. The summed E-state index contributed by atoms with van der Waals surface area (Å²) in [5.41, 5.74) is 1.36. The summed E-state index contributed by atoms with van der Waals surface area (Å²) in [7, 11) is 1.34. The molecule has 8 nitrogen and oxygen atoms in total. The number of amides is 1. The molecule has 1 aliphatic heterocycles. The highest BCUT2D eigenvalue weighted by Crippen LogP contribution is 2.27. The quantitative estimate of drug-likeness (QED) is 0.410. The van der Waals surface area contributed by atoms with Crippen molar-refractivity contribution in [2.24, 2.45) is 0 Å². The van der Waals surface area contributed by atoms with Crippen LogP contribution in [0.3, 0.4) is 0 Å². The number of nitro benzene ring substituents is 1. The fraction of sp³-hybridized carbons (Fsp3) is 0.333. The fourth-order valence-corrected chi connectivity index (χ4v) is 3.79. The number of halogens is 1. The van der Waals surface area contributed by atoms with Crippen molar-refractivity contribution >= 4 is 29.2 Å². The summed E-state index contributed by atoms with van der Waals surface area (Å²) in [5.74, 6) is -0.636. The van der Waals surface area contributed by atoms with Crippen LogP contribution in [0, 0.1) is 17.0 Å². The molecule has 0 bridgehead atoms. The third-order valence-electron chi connectivity index (χ3n) is 5.31. The van der Waals surface area contributed by atoms with Crippen molar-refractivity contribution in [3.8, 4) is 0 Å². The summed E-state index contributed by atoms with van der Waals surface area (Å²) in [6.45, 7) is 3.28. The molecule has 0 N–H and O–H groups in total. The minimum absolute atomic E-state index is 0.0759. The van der Waals surface area contributed by atoms with Crippen molar-refractivity contribution < 1.29 is 19.2 Å². The van der Waals surface area contributed by atoms with E-state index in [0.29, 0.717) is 42.3 Å². The number of nitro groups is 1. The van der Waals surface area contributed by atoms with Gasteiger partial charge in [-0.25, -0.2) is 4.79 Å². The first-order chi connectivity index (χ1) is 14.3. The summed E-state index contributed by atoms with van der Waals surface area (Å²) < 4.78 is 4.99. The van der Waals surface area contributed by atoms with Crippen LogP contribution in [0.25, 0.3) is 0 Å². The molecule has 3 rings (SSSR count). The topological polar surface area (TPSA) is 93.0 Å². The van der Waals surface area contributed by atoms with Crippen LogP contribution in [0.5, 0.6) is 0 Å². The third-order valence-corrected chi connectivity index (χ3v) is 5.56. The highest BCUT2D eigenvalue weighted by atomic mass is 35.5. The van der Waals surface area contributed by atoms with Gasteiger partial charge in [-0.1, -0.05) is 29.8 Å². The number of hydrogen-bond donors (Lipinski definition) is 0. The number of piperazine rings is 1. The first-order valence-corrected chi connectivity index (χ1v) is 9.82. The Labute approximate surface area is 179 Å². The van der Waals surface area contributed by atoms with E-state index in [1.54, 1.807) is 42.2 Å². The van der Waals surface area contributed by atoms with Crippen LogP contribution in [0.2, 0.25) is 5.02 Å². The smallest absolute Gasteiger partial charge is 0.327 e. The molecule has 0 saturated carbocycles. The third kappa shape index (κ3) is 4.44. The van der Waals surface area contributed by atoms with Crippen LogP contribution < -0.4 is 0 Å². The van der Waals surface area contributed by atoms with Crippen LogP contribution in [0.15, 0.2) is 42.5 Å². The number of methoxy groups -OCH3 is 1. The molecule has 30 heavy (non-hydrogen) atoms. The molecule has 158 valence electrons. The van der Waals surface area contributed by atoms with E-state index in [9.17, 15) is 19.7 Å². The maximum Gasteiger partial charge on any atom is 0.327 e. The normalized spacial score (nSPS) is 15.5. The molecule has 0 aromatic heterocycles. The van der Waals surface area contributed by atoms with Crippen molar-refractivity contribution in [2.45, 2.75) is 13.0 Å². The Kier molecular flexibility index (Phi) is 6.69. The first-order valence-electron chi connectivity index (χ1n) is 9.44. The summed E-state index contributed by atoms with van der Waals surface area (Å²) in [6, 6.07) is 10.9. The van der Waals surface area contributed by atoms with E-state index in [1.165, 1.54) is 19.2 Å². The van der Waals surface area contributed by atoms with Crippen LogP contribution in [0.4, 0.5) is 5.69 Å². The molecule has 2 aromatic carbocycles. The van der Waals surface area contributed by atoms with E-state index in [2.05, 4.69) is 0 Å². The zero-order valence-electron chi connectivity index (χ0n) is 16.7. The number of esters is 1. The molecule has 0 aliphatic carbocycles.